The van der Waals surface area contributed by atoms with Crippen LogP contribution in [0.1, 0.15) is 38.7 Å². The van der Waals surface area contributed by atoms with Crippen LogP contribution in [0.5, 0.6) is 0 Å². The number of benzene rings is 1. The molecule has 128 valence electrons. The SMILES string of the molecule is CCCC(F)(F)C[C@](C)(NC(=O)OCc1ccccc1)C(=O)O. The van der Waals surface area contributed by atoms with Gasteiger partial charge in [-0.15, -0.1) is 0 Å². The number of halogens is 2. The highest BCUT2D eigenvalue weighted by atomic mass is 19.3. The summed E-state index contributed by atoms with van der Waals surface area (Å²) in [6, 6.07) is 8.74. The summed E-state index contributed by atoms with van der Waals surface area (Å²) in [7, 11) is 0. The second kappa shape index (κ2) is 7.89. The minimum absolute atomic E-state index is 0.0757. The maximum Gasteiger partial charge on any atom is 0.408 e. The van der Waals surface area contributed by atoms with Gasteiger partial charge in [-0.2, -0.15) is 0 Å². The predicted octanol–water partition coefficient (Wildman–Crippen LogP) is 3.58. The number of nitrogens with one attached hydrogen (secondary N) is 1. The van der Waals surface area contributed by atoms with Crippen molar-refractivity contribution >= 4 is 12.1 Å². The number of carboxylic acids is 1. The van der Waals surface area contributed by atoms with Crippen molar-refractivity contribution in [3.8, 4) is 0 Å². The van der Waals surface area contributed by atoms with Crippen LogP contribution in [0.2, 0.25) is 0 Å². The summed E-state index contributed by atoms with van der Waals surface area (Å²) in [5, 5.41) is 11.2. The van der Waals surface area contributed by atoms with E-state index in [0.29, 0.717) is 5.56 Å². The Morgan fingerprint density at radius 2 is 1.87 bits per heavy atom. The maximum absolute atomic E-state index is 13.7. The number of rotatable bonds is 8. The van der Waals surface area contributed by atoms with Gasteiger partial charge in [0.2, 0.25) is 0 Å². The number of ether oxygens (including phenoxy) is 1. The average molecular weight is 329 g/mol. The van der Waals surface area contributed by atoms with Crippen molar-refractivity contribution in [2.75, 3.05) is 0 Å². The third-order valence-corrected chi connectivity index (χ3v) is 3.29. The lowest BCUT2D eigenvalue weighted by Gasteiger charge is -2.29. The summed E-state index contributed by atoms with van der Waals surface area (Å²) in [4.78, 5) is 23.0. The molecule has 0 bridgehead atoms. The summed E-state index contributed by atoms with van der Waals surface area (Å²) in [5.74, 6) is -4.72. The lowest BCUT2D eigenvalue weighted by atomic mass is 9.92. The van der Waals surface area contributed by atoms with Gasteiger partial charge in [0.25, 0.3) is 5.92 Å². The van der Waals surface area contributed by atoms with E-state index in [1.165, 1.54) is 0 Å². The maximum atomic E-state index is 13.7. The number of hydrogen-bond acceptors (Lipinski definition) is 3. The molecule has 1 atom stereocenters. The van der Waals surface area contributed by atoms with Gasteiger partial charge in [0.15, 0.2) is 0 Å². The molecule has 0 aliphatic heterocycles. The molecule has 0 fully saturated rings. The van der Waals surface area contributed by atoms with Crippen LogP contribution in [-0.2, 0) is 16.1 Å². The monoisotopic (exact) mass is 329 g/mol. The largest absolute Gasteiger partial charge is 0.480 e. The first kappa shape index (κ1) is 18.9. The second-order valence-corrected chi connectivity index (χ2v) is 5.61. The number of aliphatic carboxylic acids is 1. The first-order valence-corrected chi connectivity index (χ1v) is 7.28. The molecule has 0 saturated carbocycles. The van der Waals surface area contributed by atoms with Gasteiger partial charge >= 0.3 is 12.1 Å². The fourth-order valence-electron chi connectivity index (χ4n) is 2.13. The Bertz CT molecular complexity index is 536. The average Bonchev–Trinajstić information content (AvgIpc) is 2.45. The molecule has 1 aromatic rings. The minimum Gasteiger partial charge on any atom is -0.480 e. The van der Waals surface area contributed by atoms with E-state index >= 15 is 0 Å². The van der Waals surface area contributed by atoms with Crippen LogP contribution in [0.25, 0.3) is 0 Å². The van der Waals surface area contributed by atoms with Crippen LogP contribution in [-0.4, -0.2) is 28.6 Å². The zero-order chi connectivity index (χ0) is 17.5. The summed E-state index contributed by atoms with van der Waals surface area (Å²) in [5.41, 5.74) is -1.40. The van der Waals surface area contributed by atoms with Crippen LogP contribution in [0.15, 0.2) is 30.3 Å². The highest BCUT2D eigenvalue weighted by molar-refractivity contribution is 5.84. The van der Waals surface area contributed by atoms with Gasteiger partial charge in [0, 0.05) is 12.8 Å². The van der Waals surface area contributed by atoms with Crippen molar-refractivity contribution in [2.45, 2.75) is 51.2 Å². The van der Waals surface area contributed by atoms with E-state index in [-0.39, 0.29) is 13.0 Å². The van der Waals surface area contributed by atoms with Gasteiger partial charge < -0.3 is 15.2 Å². The van der Waals surface area contributed by atoms with Gasteiger partial charge in [-0.3, -0.25) is 0 Å². The van der Waals surface area contributed by atoms with E-state index in [9.17, 15) is 23.5 Å². The fraction of sp³-hybridized carbons (Fsp3) is 0.500. The topological polar surface area (TPSA) is 75.6 Å². The zero-order valence-corrected chi connectivity index (χ0v) is 13.1. The Labute approximate surface area is 133 Å². The lowest BCUT2D eigenvalue weighted by Crippen LogP contribution is -2.55. The van der Waals surface area contributed by atoms with Crippen molar-refractivity contribution in [1.82, 2.24) is 5.32 Å². The highest BCUT2D eigenvalue weighted by Crippen LogP contribution is 2.30. The van der Waals surface area contributed by atoms with Crippen molar-refractivity contribution < 1.29 is 28.2 Å². The van der Waals surface area contributed by atoms with Gasteiger partial charge in [0.1, 0.15) is 12.1 Å². The first-order valence-electron chi connectivity index (χ1n) is 7.28. The Hall–Kier alpha value is -2.18. The van der Waals surface area contributed by atoms with Crippen molar-refractivity contribution in [3.05, 3.63) is 35.9 Å². The molecule has 23 heavy (non-hydrogen) atoms. The smallest absolute Gasteiger partial charge is 0.408 e. The number of alkyl halides is 2. The van der Waals surface area contributed by atoms with Crippen molar-refractivity contribution in [2.24, 2.45) is 0 Å². The number of carbonyl (C=O) groups is 2. The molecule has 0 spiro atoms. The van der Waals surface area contributed by atoms with E-state index in [1.807, 2.05) is 5.32 Å². The number of alkyl carbamates (subject to hydrolysis) is 1. The second-order valence-electron chi connectivity index (χ2n) is 5.61. The Morgan fingerprint density at radius 3 is 2.39 bits per heavy atom. The molecule has 1 rings (SSSR count). The molecular weight excluding hydrogens is 308 g/mol. The molecule has 0 aliphatic carbocycles. The Kier molecular flexibility index (Phi) is 6.48. The molecule has 0 unspecified atom stereocenters. The quantitative estimate of drug-likeness (QED) is 0.764. The van der Waals surface area contributed by atoms with Gasteiger partial charge in [-0.25, -0.2) is 18.4 Å². The van der Waals surface area contributed by atoms with E-state index < -0.39 is 36.4 Å². The lowest BCUT2D eigenvalue weighted by molar-refractivity contribution is -0.148. The van der Waals surface area contributed by atoms with Crippen LogP contribution in [0.3, 0.4) is 0 Å². The van der Waals surface area contributed by atoms with Crippen molar-refractivity contribution in [1.29, 1.82) is 0 Å². The molecule has 0 aliphatic rings. The molecule has 0 heterocycles. The summed E-state index contributed by atoms with van der Waals surface area (Å²) < 4.78 is 32.3. The van der Waals surface area contributed by atoms with Gasteiger partial charge in [0.05, 0.1) is 0 Å². The third-order valence-electron chi connectivity index (χ3n) is 3.29. The Balaban J connectivity index is 2.67. The predicted molar refractivity (Wildman–Crippen MR) is 80.3 cm³/mol. The van der Waals surface area contributed by atoms with E-state index in [0.717, 1.165) is 6.92 Å². The molecule has 1 aromatic carbocycles. The zero-order valence-electron chi connectivity index (χ0n) is 13.1. The molecule has 1 amide bonds. The third kappa shape index (κ3) is 6.22. The number of carboxylic acid groups (broad SMARTS) is 1. The molecule has 2 N–H and O–H groups in total. The van der Waals surface area contributed by atoms with Gasteiger partial charge in [-0.05, 0) is 12.5 Å². The number of carbonyl (C=O) groups excluding carboxylic acids is 1. The van der Waals surface area contributed by atoms with Crippen LogP contribution < -0.4 is 5.32 Å². The minimum atomic E-state index is -3.19. The van der Waals surface area contributed by atoms with E-state index in [1.54, 1.807) is 37.3 Å². The highest BCUT2D eigenvalue weighted by Gasteiger charge is 2.45. The van der Waals surface area contributed by atoms with Crippen LogP contribution in [0.4, 0.5) is 13.6 Å². The number of hydrogen-bond donors (Lipinski definition) is 2. The van der Waals surface area contributed by atoms with Gasteiger partial charge in [-0.1, -0.05) is 43.7 Å². The molecule has 0 aromatic heterocycles. The molecular formula is C16H21F2NO4. The van der Waals surface area contributed by atoms with E-state index in [2.05, 4.69) is 0 Å². The molecule has 0 radical (unpaired) electrons. The standard InChI is InChI=1S/C16H21F2NO4/c1-3-9-16(17,18)11-15(2,13(20)21)19-14(22)23-10-12-7-5-4-6-8-12/h4-8H,3,9-11H2,1-2H3,(H,19,22)(H,20,21)/t15-/m0/s1. The summed E-state index contributed by atoms with van der Waals surface area (Å²) in [6.07, 6.45) is -2.28. The molecule has 5 nitrogen and oxygen atoms in total. The molecule has 0 saturated heterocycles. The molecule has 7 heteroatoms. The summed E-state index contributed by atoms with van der Waals surface area (Å²) >= 11 is 0. The van der Waals surface area contributed by atoms with Crippen molar-refractivity contribution in [3.63, 3.8) is 0 Å². The summed E-state index contributed by atoms with van der Waals surface area (Å²) in [6.45, 7) is 2.55. The first-order chi connectivity index (χ1) is 10.7. The van der Waals surface area contributed by atoms with Crippen LogP contribution >= 0.6 is 0 Å². The van der Waals surface area contributed by atoms with E-state index in [4.69, 9.17) is 4.74 Å². The fourth-order valence-corrected chi connectivity index (χ4v) is 2.13. The normalized spacial score (nSPS) is 13.9. The van der Waals surface area contributed by atoms with Crippen LogP contribution in [0, 0.1) is 0 Å². The number of amides is 1. The Morgan fingerprint density at radius 1 is 1.26 bits per heavy atom.